The van der Waals surface area contributed by atoms with Gasteiger partial charge in [-0.05, 0) is 35.7 Å². The van der Waals surface area contributed by atoms with Gasteiger partial charge < -0.3 is 4.90 Å². The molecule has 1 unspecified atom stereocenters. The molecule has 30 heavy (non-hydrogen) atoms. The first-order chi connectivity index (χ1) is 14.8. The average Bonchev–Trinajstić information content (AvgIpc) is 2.82. The van der Waals surface area contributed by atoms with Gasteiger partial charge in [0, 0.05) is 35.3 Å². The predicted octanol–water partition coefficient (Wildman–Crippen LogP) is 7.03. The van der Waals surface area contributed by atoms with E-state index >= 15 is 0 Å². The summed E-state index contributed by atoms with van der Waals surface area (Å²) >= 11 is 0. The van der Waals surface area contributed by atoms with Gasteiger partial charge in [-0.1, -0.05) is 86.1 Å². The minimum atomic E-state index is 0.175. The van der Waals surface area contributed by atoms with E-state index in [1.807, 2.05) is 0 Å². The zero-order valence-corrected chi connectivity index (χ0v) is 17.3. The summed E-state index contributed by atoms with van der Waals surface area (Å²) in [5, 5.41) is 1.18. The van der Waals surface area contributed by atoms with Crippen molar-refractivity contribution in [1.82, 2.24) is 4.98 Å². The summed E-state index contributed by atoms with van der Waals surface area (Å²) in [5.41, 5.74) is 7.33. The van der Waals surface area contributed by atoms with Crippen LogP contribution in [0.15, 0.2) is 97.2 Å². The van der Waals surface area contributed by atoms with Gasteiger partial charge in [0.25, 0.3) is 0 Å². The number of anilines is 1. The van der Waals surface area contributed by atoms with E-state index < -0.39 is 0 Å². The molecule has 4 aromatic rings. The highest BCUT2D eigenvalue weighted by Crippen LogP contribution is 2.45. The fraction of sp³-hybridized carbons (Fsp3) is 0.179. The van der Waals surface area contributed by atoms with Gasteiger partial charge in [0.15, 0.2) is 0 Å². The molecule has 0 spiro atoms. The number of hydrogen-bond acceptors (Lipinski definition) is 2. The Kier molecular flexibility index (Phi) is 5.06. The highest BCUT2D eigenvalue weighted by molar-refractivity contribution is 5.86. The molecule has 0 saturated carbocycles. The average molecular weight is 391 g/mol. The molecule has 0 amide bonds. The first-order valence-corrected chi connectivity index (χ1v) is 10.8. The van der Waals surface area contributed by atoms with Crippen LogP contribution in [-0.4, -0.2) is 11.5 Å². The van der Waals surface area contributed by atoms with Crippen LogP contribution in [0.1, 0.15) is 42.5 Å². The Morgan fingerprint density at radius 2 is 1.57 bits per heavy atom. The number of pyridine rings is 1. The van der Waals surface area contributed by atoms with Crippen LogP contribution in [0.3, 0.4) is 0 Å². The van der Waals surface area contributed by atoms with E-state index in [9.17, 15) is 0 Å². The molecule has 1 aliphatic rings. The summed E-state index contributed by atoms with van der Waals surface area (Å²) in [6, 6.07) is 32.4. The van der Waals surface area contributed by atoms with Crippen molar-refractivity contribution >= 4 is 22.2 Å². The molecule has 0 fully saturated rings. The molecular weight excluding hydrogens is 364 g/mol. The lowest BCUT2D eigenvalue weighted by Gasteiger charge is -2.35. The highest BCUT2D eigenvalue weighted by Gasteiger charge is 2.29. The highest BCUT2D eigenvalue weighted by atomic mass is 15.1. The van der Waals surface area contributed by atoms with Crippen LogP contribution in [0.5, 0.6) is 0 Å². The third kappa shape index (κ3) is 3.39. The van der Waals surface area contributed by atoms with Gasteiger partial charge in [-0.3, -0.25) is 0 Å². The van der Waals surface area contributed by atoms with Gasteiger partial charge in [-0.25, -0.2) is 4.98 Å². The molecule has 2 heterocycles. The van der Waals surface area contributed by atoms with Crippen LogP contribution in [0.25, 0.3) is 16.5 Å². The fourth-order valence-electron chi connectivity index (χ4n) is 4.43. The van der Waals surface area contributed by atoms with Crippen LogP contribution in [0, 0.1) is 0 Å². The van der Waals surface area contributed by atoms with E-state index in [1.54, 1.807) is 0 Å². The Morgan fingerprint density at radius 1 is 0.800 bits per heavy atom. The Bertz CT molecular complexity index is 1190. The number of para-hydroxylation sites is 2. The number of fused-ring (bicyclic) bond motifs is 2. The topological polar surface area (TPSA) is 16.1 Å². The molecule has 1 atom stereocenters. The molecule has 148 valence electrons. The normalized spacial score (nSPS) is 15.7. The van der Waals surface area contributed by atoms with Crippen LogP contribution >= 0.6 is 0 Å². The molecule has 5 rings (SSSR count). The predicted molar refractivity (Wildman–Crippen MR) is 127 cm³/mol. The van der Waals surface area contributed by atoms with Crippen LogP contribution < -0.4 is 4.90 Å². The van der Waals surface area contributed by atoms with Crippen molar-refractivity contribution in [1.29, 1.82) is 0 Å². The van der Waals surface area contributed by atoms with Crippen molar-refractivity contribution in [3.63, 3.8) is 0 Å². The molecule has 0 radical (unpaired) electrons. The van der Waals surface area contributed by atoms with Crippen molar-refractivity contribution in [2.75, 3.05) is 11.4 Å². The van der Waals surface area contributed by atoms with Crippen molar-refractivity contribution in [3.05, 3.63) is 114 Å². The molecule has 1 aliphatic heterocycles. The summed E-state index contributed by atoms with van der Waals surface area (Å²) in [5.74, 6) is 0.175. The van der Waals surface area contributed by atoms with Gasteiger partial charge in [0.1, 0.15) is 0 Å². The number of aromatic nitrogens is 1. The van der Waals surface area contributed by atoms with E-state index in [0.717, 1.165) is 17.8 Å². The van der Waals surface area contributed by atoms with Gasteiger partial charge in [-0.15, -0.1) is 0 Å². The second kappa shape index (κ2) is 8.16. The molecule has 3 aromatic carbocycles. The Morgan fingerprint density at radius 3 is 2.43 bits per heavy atom. The lowest BCUT2D eigenvalue weighted by atomic mass is 9.80. The number of rotatable bonds is 5. The Hall–Kier alpha value is -3.39. The summed E-state index contributed by atoms with van der Waals surface area (Å²) in [6.45, 7) is 3.27. The second-order valence-corrected chi connectivity index (χ2v) is 7.92. The number of nitrogens with zero attached hydrogens (tertiary/aromatic N) is 2. The molecule has 0 aliphatic carbocycles. The maximum absolute atomic E-state index is 5.07. The largest absolute Gasteiger partial charge is 0.347 e. The van der Waals surface area contributed by atoms with Crippen molar-refractivity contribution < 1.29 is 0 Å². The van der Waals surface area contributed by atoms with Crippen LogP contribution in [-0.2, 0) is 0 Å². The van der Waals surface area contributed by atoms with Crippen molar-refractivity contribution in [2.45, 2.75) is 25.7 Å². The van der Waals surface area contributed by atoms with Crippen LogP contribution in [0.4, 0.5) is 5.69 Å². The van der Waals surface area contributed by atoms with Crippen molar-refractivity contribution in [3.8, 4) is 0 Å². The first kappa shape index (κ1) is 18.6. The summed E-state index contributed by atoms with van der Waals surface area (Å²) in [7, 11) is 0. The van der Waals surface area contributed by atoms with Crippen molar-refractivity contribution in [2.24, 2.45) is 0 Å². The Balaban J connectivity index is 1.70. The van der Waals surface area contributed by atoms with E-state index in [1.165, 1.54) is 40.6 Å². The minimum Gasteiger partial charge on any atom is -0.347 e. The molecule has 1 aromatic heterocycles. The molecule has 2 nitrogen and oxygen atoms in total. The fourth-order valence-corrected chi connectivity index (χ4v) is 4.43. The van der Waals surface area contributed by atoms with E-state index in [4.69, 9.17) is 4.98 Å². The summed E-state index contributed by atoms with van der Waals surface area (Å²) in [6.07, 6.45) is 4.68. The quantitative estimate of drug-likeness (QED) is 0.364. The third-order valence-electron chi connectivity index (χ3n) is 5.94. The van der Waals surface area contributed by atoms with Gasteiger partial charge >= 0.3 is 0 Å². The maximum atomic E-state index is 5.07. The number of allylic oxidation sites excluding steroid dienone is 1. The van der Waals surface area contributed by atoms with Gasteiger partial charge in [-0.2, -0.15) is 0 Å². The number of unbranched alkanes of at least 4 members (excludes halogenated alkanes) is 1. The van der Waals surface area contributed by atoms with Gasteiger partial charge in [0.05, 0.1) is 11.2 Å². The molecular formula is C28H26N2. The zero-order valence-electron chi connectivity index (χ0n) is 17.3. The molecule has 0 bridgehead atoms. The monoisotopic (exact) mass is 390 g/mol. The Labute approximate surface area is 178 Å². The third-order valence-corrected chi connectivity index (χ3v) is 5.94. The van der Waals surface area contributed by atoms with Gasteiger partial charge in [0.2, 0.25) is 0 Å². The summed E-state index contributed by atoms with van der Waals surface area (Å²) < 4.78 is 0. The molecule has 2 heteroatoms. The minimum absolute atomic E-state index is 0.175. The SMILES string of the molecule is CCCCN1C=C(c2ccc3ccccc3n2)C(c2ccccc2)c2ccccc21. The lowest BCUT2D eigenvalue weighted by molar-refractivity contribution is 0.772. The number of benzene rings is 3. The van der Waals surface area contributed by atoms with Crippen LogP contribution in [0.2, 0.25) is 0 Å². The maximum Gasteiger partial charge on any atom is 0.0709 e. The number of hydrogen-bond donors (Lipinski definition) is 0. The first-order valence-electron chi connectivity index (χ1n) is 10.8. The summed E-state index contributed by atoms with van der Waals surface area (Å²) in [4.78, 5) is 7.49. The van der Waals surface area contributed by atoms with E-state index in [0.29, 0.717) is 0 Å². The molecule has 0 saturated heterocycles. The smallest absolute Gasteiger partial charge is 0.0709 e. The second-order valence-electron chi connectivity index (χ2n) is 7.92. The zero-order chi connectivity index (χ0) is 20.3. The van der Waals surface area contributed by atoms with E-state index in [-0.39, 0.29) is 5.92 Å². The molecule has 0 N–H and O–H groups in total. The standard InChI is InChI=1S/C28H26N2/c1-2-3-19-30-20-24(26-18-17-21-11-7-9-15-25(21)29-26)28(22-12-5-4-6-13-22)23-14-8-10-16-27(23)30/h4-18,20,28H,2-3,19H2,1H3. The lowest BCUT2D eigenvalue weighted by Crippen LogP contribution is -2.25. The van der Waals surface area contributed by atoms with E-state index in [2.05, 4.69) is 109 Å².